The summed E-state index contributed by atoms with van der Waals surface area (Å²) in [6.07, 6.45) is 0. The summed E-state index contributed by atoms with van der Waals surface area (Å²) >= 11 is 0. The maximum absolute atomic E-state index is 12.2. The minimum Gasteiger partial charge on any atom is -0.492 e. The Morgan fingerprint density at radius 2 is 1.86 bits per heavy atom. The van der Waals surface area contributed by atoms with Crippen molar-refractivity contribution in [1.82, 2.24) is 5.16 Å². The number of rotatable bonds is 9. The highest BCUT2D eigenvalue weighted by atomic mass is 16.5. The number of aromatic nitrogens is 1. The Morgan fingerprint density at radius 1 is 1.14 bits per heavy atom. The molecule has 1 aromatic heterocycles. The molecule has 0 spiro atoms. The molecule has 2 aromatic rings. The molecule has 3 rings (SSSR count). The number of carbonyl (C=O) groups is 1. The first-order chi connectivity index (χ1) is 14.1. The van der Waals surface area contributed by atoms with Crippen LogP contribution in [0.25, 0.3) is 0 Å². The van der Waals surface area contributed by atoms with Gasteiger partial charge in [-0.25, -0.2) is 0 Å². The molecule has 0 atom stereocenters. The van der Waals surface area contributed by atoms with E-state index in [-0.39, 0.29) is 12.5 Å². The molecule has 1 amide bonds. The molecule has 0 aliphatic carbocycles. The van der Waals surface area contributed by atoms with Crippen molar-refractivity contribution in [2.45, 2.75) is 20.8 Å². The Balaban J connectivity index is 1.76. The minimum absolute atomic E-state index is 0.0500. The third-order valence-electron chi connectivity index (χ3n) is 4.35. The van der Waals surface area contributed by atoms with Crippen molar-refractivity contribution in [1.29, 1.82) is 0 Å². The number of hydrogen-bond donors (Lipinski definition) is 2. The van der Waals surface area contributed by atoms with Crippen molar-refractivity contribution in [2.75, 3.05) is 61.6 Å². The summed E-state index contributed by atoms with van der Waals surface area (Å²) in [7, 11) is 0. The van der Waals surface area contributed by atoms with Gasteiger partial charge in [0.05, 0.1) is 44.3 Å². The van der Waals surface area contributed by atoms with Crippen LogP contribution < -0.4 is 25.0 Å². The fourth-order valence-electron chi connectivity index (χ4n) is 3.07. The molecule has 0 saturated carbocycles. The third kappa shape index (κ3) is 5.54. The van der Waals surface area contributed by atoms with Gasteiger partial charge >= 0.3 is 0 Å². The maximum atomic E-state index is 12.2. The lowest BCUT2D eigenvalue weighted by Crippen LogP contribution is -2.36. The second-order valence-electron chi connectivity index (χ2n) is 6.51. The third-order valence-corrected chi connectivity index (χ3v) is 4.35. The summed E-state index contributed by atoms with van der Waals surface area (Å²) in [5.41, 5.74) is 1.66. The van der Waals surface area contributed by atoms with Crippen LogP contribution in [0.2, 0.25) is 0 Å². The SMILES string of the molecule is CCOc1cc(N2CCOCC2)c(OCC)cc1NCC(=O)Nc1cc(C)on1. The molecule has 0 radical (unpaired) electrons. The van der Waals surface area contributed by atoms with Gasteiger partial charge in [-0.1, -0.05) is 5.16 Å². The van der Waals surface area contributed by atoms with Crippen LogP contribution in [-0.2, 0) is 9.53 Å². The van der Waals surface area contributed by atoms with Crippen LogP contribution in [0.1, 0.15) is 19.6 Å². The molecule has 1 aromatic carbocycles. The molecule has 9 nitrogen and oxygen atoms in total. The largest absolute Gasteiger partial charge is 0.492 e. The molecular formula is C20H28N4O5. The van der Waals surface area contributed by atoms with E-state index in [4.69, 9.17) is 18.7 Å². The lowest BCUT2D eigenvalue weighted by molar-refractivity contribution is -0.114. The van der Waals surface area contributed by atoms with Crippen LogP contribution in [0.4, 0.5) is 17.2 Å². The van der Waals surface area contributed by atoms with Crippen molar-refractivity contribution in [2.24, 2.45) is 0 Å². The van der Waals surface area contributed by atoms with E-state index in [2.05, 4.69) is 20.7 Å². The zero-order chi connectivity index (χ0) is 20.6. The Morgan fingerprint density at radius 3 is 2.52 bits per heavy atom. The number of nitrogens with one attached hydrogen (secondary N) is 2. The Bertz CT molecular complexity index is 817. The first-order valence-electron chi connectivity index (χ1n) is 9.84. The van der Waals surface area contributed by atoms with Crippen molar-refractivity contribution in [3.8, 4) is 11.5 Å². The smallest absolute Gasteiger partial charge is 0.244 e. The molecule has 0 bridgehead atoms. The van der Waals surface area contributed by atoms with Gasteiger partial charge in [-0.15, -0.1) is 0 Å². The van der Waals surface area contributed by atoms with Crippen molar-refractivity contribution in [3.63, 3.8) is 0 Å². The number of amides is 1. The molecule has 158 valence electrons. The average Bonchev–Trinajstić information content (AvgIpc) is 3.13. The van der Waals surface area contributed by atoms with E-state index in [9.17, 15) is 4.79 Å². The number of benzene rings is 1. The summed E-state index contributed by atoms with van der Waals surface area (Å²) in [5, 5.41) is 9.59. The number of anilines is 3. The van der Waals surface area contributed by atoms with E-state index in [1.165, 1.54) is 0 Å². The number of ether oxygens (including phenoxy) is 3. The average molecular weight is 404 g/mol. The van der Waals surface area contributed by atoms with Gasteiger partial charge in [-0.05, 0) is 20.8 Å². The number of nitrogens with zero attached hydrogens (tertiary/aromatic N) is 2. The highest BCUT2D eigenvalue weighted by molar-refractivity contribution is 5.93. The molecule has 0 unspecified atom stereocenters. The number of aryl methyl sites for hydroxylation is 1. The standard InChI is InChI=1S/C20H28N4O5/c1-4-27-17-12-16(24-6-8-26-9-7-24)18(28-5-2)11-15(17)21-13-20(25)22-19-10-14(3)29-23-19/h10-12,21H,4-9,13H2,1-3H3,(H,22,23,25). The molecule has 9 heteroatoms. The molecule has 1 saturated heterocycles. The van der Waals surface area contributed by atoms with Gasteiger partial charge in [-0.3, -0.25) is 4.79 Å². The Kier molecular flexibility index (Phi) is 7.18. The van der Waals surface area contributed by atoms with Crippen LogP contribution in [0.15, 0.2) is 22.7 Å². The van der Waals surface area contributed by atoms with E-state index in [0.29, 0.717) is 49.4 Å². The van der Waals surface area contributed by atoms with E-state index in [1.54, 1.807) is 13.0 Å². The number of morpholine rings is 1. The topological polar surface area (TPSA) is 98.1 Å². The first kappa shape index (κ1) is 20.8. The first-order valence-corrected chi connectivity index (χ1v) is 9.84. The quantitative estimate of drug-likeness (QED) is 0.658. The van der Waals surface area contributed by atoms with Gasteiger partial charge < -0.3 is 34.3 Å². The normalized spacial score (nSPS) is 13.8. The van der Waals surface area contributed by atoms with Crippen LogP contribution in [0.5, 0.6) is 11.5 Å². The predicted molar refractivity (Wildman–Crippen MR) is 110 cm³/mol. The lowest BCUT2D eigenvalue weighted by atomic mass is 10.2. The summed E-state index contributed by atoms with van der Waals surface area (Å²) in [6.45, 7) is 9.67. The summed E-state index contributed by atoms with van der Waals surface area (Å²) in [6, 6.07) is 5.50. The Hall–Kier alpha value is -2.94. The van der Waals surface area contributed by atoms with E-state index in [0.717, 1.165) is 24.5 Å². The van der Waals surface area contributed by atoms with Crippen molar-refractivity contribution >= 4 is 23.1 Å². The van der Waals surface area contributed by atoms with Gasteiger partial charge in [0.1, 0.15) is 17.3 Å². The van der Waals surface area contributed by atoms with Gasteiger partial charge in [0.15, 0.2) is 5.82 Å². The van der Waals surface area contributed by atoms with E-state index < -0.39 is 0 Å². The zero-order valence-corrected chi connectivity index (χ0v) is 17.1. The lowest BCUT2D eigenvalue weighted by Gasteiger charge is -2.31. The molecule has 2 N–H and O–H groups in total. The summed E-state index contributed by atoms with van der Waals surface area (Å²) in [5.74, 6) is 2.19. The highest BCUT2D eigenvalue weighted by Crippen LogP contribution is 2.39. The maximum Gasteiger partial charge on any atom is 0.244 e. The van der Waals surface area contributed by atoms with Gasteiger partial charge in [-0.2, -0.15) is 0 Å². The van der Waals surface area contributed by atoms with Crippen molar-refractivity contribution in [3.05, 3.63) is 24.0 Å². The second kappa shape index (κ2) is 10.0. The predicted octanol–water partition coefficient (Wildman–Crippen LogP) is 2.67. The highest BCUT2D eigenvalue weighted by Gasteiger charge is 2.20. The molecule has 1 aliphatic rings. The zero-order valence-electron chi connectivity index (χ0n) is 17.1. The van der Waals surface area contributed by atoms with Crippen LogP contribution in [-0.4, -0.2) is 57.1 Å². The minimum atomic E-state index is -0.240. The summed E-state index contributed by atoms with van der Waals surface area (Å²) < 4.78 is 22.1. The van der Waals surface area contributed by atoms with Crippen LogP contribution in [0, 0.1) is 6.92 Å². The molecular weight excluding hydrogens is 376 g/mol. The molecule has 1 aliphatic heterocycles. The van der Waals surface area contributed by atoms with Crippen LogP contribution >= 0.6 is 0 Å². The van der Waals surface area contributed by atoms with E-state index >= 15 is 0 Å². The summed E-state index contributed by atoms with van der Waals surface area (Å²) in [4.78, 5) is 14.5. The number of carbonyl (C=O) groups excluding carboxylic acids is 1. The molecule has 2 heterocycles. The van der Waals surface area contributed by atoms with Gasteiger partial charge in [0, 0.05) is 31.3 Å². The number of hydrogen-bond acceptors (Lipinski definition) is 8. The fraction of sp³-hybridized carbons (Fsp3) is 0.500. The Labute approximate surface area is 170 Å². The van der Waals surface area contributed by atoms with E-state index in [1.807, 2.05) is 26.0 Å². The molecule has 1 fully saturated rings. The van der Waals surface area contributed by atoms with Gasteiger partial charge in [0.25, 0.3) is 0 Å². The fourth-order valence-corrected chi connectivity index (χ4v) is 3.07. The monoisotopic (exact) mass is 404 g/mol. The molecule has 29 heavy (non-hydrogen) atoms. The second-order valence-corrected chi connectivity index (χ2v) is 6.51. The van der Waals surface area contributed by atoms with Crippen molar-refractivity contribution < 1.29 is 23.5 Å². The van der Waals surface area contributed by atoms with Gasteiger partial charge in [0.2, 0.25) is 5.91 Å². The van der Waals surface area contributed by atoms with Crippen LogP contribution in [0.3, 0.4) is 0 Å².